The highest BCUT2D eigenvalue weighted by molar-refractivity contribution is 5.96. The molecule has 1 unspecified atom stereocenters. The van der Waals surface area contributed by atoms with Crippen LogP contribution < -0.4 is 16.1 Å². The van der Waals surface area contributed by atoms with Gasteiger partial charge in [0.25, 0.3) is 5.91 Å². The number of carbonyl (C=O) groups is 3. The molecule has 0 bridgehead atoms. The average molecular weight is 594 g/mol. The summed E-state index contributed by atoms with van der Waals surface area (Å²) in [6.07, 6.45) is 5.25. The Labute approximate surface area is 246 Å². The van der Waals surface area contributed by atoms with Gasteiger partial charge in [0.1, 0.15) is 0 Å². The number of anilines is 1. The van der Waals surface area contributed by atoms with Gasteiger partial charge < -0.3 is 25.2 Å². The summed E-state index contributed by atoms with van der Waals surface area (Å²) in [6.45, 7) is 8.13. The van der Waals surface area contributed by atoms with Crippen molar-refractivity contribution in [2.24, 2.45) is 16.1 Å². The van der Waals surface area contributed by atoms with E-state index in [0.717, 1.165) is 6.20 Å². The highest BCUT2D eigenvalue weighted by atomic mass is 19.1. The third-order valence-electron chi connectivity index (χ3n) is 7.52. The molecule has 0 fully saturated rings. The van der Waals surface area contributed by atoms with Crippen LogP contribution in [0.5, 0.6) is 5.75 Å². The van der Waals surface area contributed by atoms with Gasteiger partial charge in [-0.2, -0.15) is 5.11 Å². The molecule has 2 aromatic rings. The Morgan fingerprint density at radius 1 is 1.19 bits per heavy atom. The molecule has 2 aromatic heterocycles. The van der Waals surface area contributed by atoms with Crippen LogP contribution in [0.1, 0.15) is 56.1 Å². The number of aromatic nitrogens is 3. The first-order valence-corrected chi connectivity index (χ1v) is 13.9. The van der Waals surface area contributed by atoms with E-state index in [2.05, 4.69) is 30.8 Å². The fourth-order valence-corrected chi connectivity index (χ4v) is 5.05. The molecule has 43 heavy (non-hydrogen) atoms. The molecular formula is C28H32FN9O5. The Morgan fingerprint density at radius 2 is 1.95 bits per heavy atom. The number of allylic oxidation sites excluding steroid dienone is 2. The van der Waals surface area contributed by atoms with E-state index in [-0.39, 0.29) is 48.2 Å². The number of hydrogen-bond donors (Lipinski definition) is 3. The number of nitrogens with one attached hydrogen (secondary N) is 2. The Hall–Kier alpha value is -4.95. The zero-order chi connectivity index (χ0) is 31.0. The Morgan fingerprint density at radius 3 is 2.67 bits per heavy atom. The molecule has 2 atom stereocenters. The maximum absolute atomic E-state index is 14.8. The number of urea groups is 1. The molecule has 0 saturated heterocycles. The van der Waals surface area contributed by atoms with Gasteiger partial charge in [-0.05, 0) is 31.9 Å². The molecule has 0 saturated carbocycles. The van der Waals surface area contributed by atoms with Crippen molar-refractivity contribution in [3.8, 4) is 5.75 Å². The summed E-state index contributed by atoms with van der Waals surface area (Å²) < 4.78 is 16.3. The van der Waals surface area contributed by atoms with Crippen molar-refractivity contribution in [3.05, 3.63) is 63.9 Å². The SMILES string of the molecule is CC(C)[C@@H](CC(=O)NCc1cc(=O)c(O)c2n1CCN(C(C)C)C2=O)Nc1nc(C2=CN3C(=O)N=NC3C=C2)ncc1F. The largest absolute Gasteiger partial charge is 0.503 e. The molecule has 0 radical (unpaired) electrons. The number of pyridine rings is 1. The highest BCUT2D eigenvalue weighted by Crippen LogP contribution is 2.27. The second kappa shape index (κ2) is 11.7. The predicted molar refractivity (Wildman–Crippen MR) is 152 cm³/mol. The van der Waals surface area contributed by atoms with Crippen LogP contribution in [-0.4, -0.2) is 72.1 Å². The summed E-state index contributed by atoms with van der Waals surface area (Å²) in [7, 11) is 0. The molecule has 14 nitrogen and oxygen atoms in total. The lowest BCUT2D eigenvalue weighted by atomic mass is 10.0. The standard InChI is InChI=1S/C28H32FN9O5/c1-14(2)19(32-26-18(29)12-31-25(33-26)16-5-6-21-34-35-28(43)38(21)13-16)10-22(40)30-11-17-9-20(39)24(41)23-27(42)36(15(3)4)7-8-37(17)23/h5-6,9,12-15,19,21,41H,7-8,10-11H2,1-4H3,(H,30,40)(H,31,32,33)/t19-,21?/m1/s1. The van der Waals surface area contributed by atoms with E-state index in [4.69, 9.17) is 0 Å². The first-order chi connectivity index (χ1) is 20.4. The van der Waals surface area contributed by atoms with Crippen LogP contribution in [0.3, 0.4) is 0 Å². The van der Waals surface area contributed by atoms with E-state index in [0.29, 0.717) is 24.4 Å². The van der Waals surface area contributed by atoms with Gasteiger partial charge in [-0.1, -0.05) is 19.0 Å². The van der Waals surface area contributed by atoms with Gasteiger partial charge in [0.2, 0.25) is 11.3 Å². The quantitative estimate of drug-likeness (QED) is 0.398. The number of aromatic hydroxyl groups is 1. The topological polar surface area (TPSA) is 174 Å². The predicted octanol–water partition coefficient (Wildman–Crippen LogP) is 2.61. The normalized spacial score (nSPS) is 18.2. The van der Waals surface area contributed by atoms with Gasteiger partial charge in [-0.25, -0.2) is 19.2 Å². The second-order valence-corrected chi connectivity index (χ2v) is 11.1. The van der Waals surface area contributed by atoms with Crippen LogP contribution in [0.25, 0.3) is 5.57 Å². The monoisotopic (exact) mass is 593 g/mol. The van der Waals surface area contributed by atoms with Crippen LogP contribution in [-0.2, 0) is 17.9 Å². The number of azo groups is 1. The molecule has 5 heterocycles. The lowest BCUT2D eigenvalue weighted by Crippen LogP contribution is -2.46. The number of amides is 4. The van der Waals surface area contributed by atoms with Crippen LogP contribution >= 0.6 is 0 Å². The number of fused-ring (bicyclic) bond motifs is 2. The van der Waals surface area contributed by atoms with Crippen LogP contribution in [0.15, 0.2) is 45.6 Å². The Balaban J connectivity index is 1.28. The van der Waals surface area contributed by atoms with E-state index in [1.165, 1.54) is 17.2 Å². The van der Waals surface area contributed by atoms with E-state index in [1.54, 1.807) is 21.6 Å². The highest BCUT2D eigenvalue weighted by Gasteiger charge is 2.32. The average Bonchev–Trinajstić information content (AvgIpc) is 3.34. The number of hydrogen-bond acceptors (Lipinski definition) is 9. The Kier molecular flexibility index (Phi) is 8.06. The van der Waals surface area contributed by atoms with Gasteiger partial charge >= 0.3 is 6.03 Å². The molecule has 0 aliphatic carbocycles. The minimum Gasteiger partial charge on any atom is -0.503 e. The molecule has 15 heteroatoms. The maximum Gasteiger partial charge on any atom is 0.368 e. The zero-order valence-electron chi connectivity index (χ0n) is 24.1. The number of rotatable bonds is 9. The molecule has 0 aromatic carbocycles. The van der Waals surface area contributed by atoms with Crippen molar-refractivity contribution in [2.75, 3.05) is 11.9 Å². The lowest BCUT2D eigenvalue weighted by molar-refractivity contribution is -0.121. The Bertz CT molecular complexity index is 1630. The third-order valence-corrected chi connectivity index (χ3v) is 7.52. The molecule has 226 valence electrons. The van der Waals surface area contributed by atoms with E-state index >= 15 is 0 Å². The first kappa shape index (κ1) is 29.5. The molecule has 3 aliphatic heterocycles. The van der Waals surface area contributed by atoms with Crippen molar-refractivity contribution in [2.45, 2.75) is 65.5 Å². The van der Waals surface area contributed by atoms with Crippen molar-refractivity contribution in [1.82, 2.24) is 29.7 Å². The minimum atomic E-state index is -0.717. The van der Waals surface area contributed by atoms with E-state index in [9.17, 15) is 28.7 Å². The fourth-order valence-electron chi connectivity index (χ4n) is 5.05. The zero-order valence-corrected chi connectivity index (χ0v) is 24.1. The third kappa shape index (κ3) is 5.87. The summed E-state index contributed by atoms with van der Waals surface area (Å²) in [6, 6.07) is 0.0368. The molecule has 0 spiro atoms. The molecule has 4 amide bonds. The van der Waals surface area contributed by atoms with Crippen molar-refractivity contribution in [3.63, 3.8) is 0 Å². The molecule has 3 N–H and O–H groups in total. The van der Waals surface area contributed by atoms with Crippen molar-refractivity contribution in [1.29, 1.82) is 0 Å². The summed E-state index contributed by atoms with van der Waals surface area (Å²) >= 11 is 0. The summed E-state index contributed by atoms with van der Waals surface area (Å²) in [5.41, 5.74) is 0.0465. The lowest BCUT2D eigenvalue weighted by Gasteiger charge is -2.34. The molecule has 3 aliphatic rings. The fraction of sp³-hybridized carbons (Fsp3) is 0.429. The number of halogens is 1. The summed E-state index contributed by atoms with van der Waals surface area (Å²) in [5, 5.41) is 23.5. The van der Waals surface area contributed by atoms with Gasteiger partial charge in [0, 0.05) is 55.1 Å². The minimum absolute atomic E-state index is 0.0532. The maximum atomic E-state index is 14.8. The number of carbonyl (C=O) groups excluding carboxylic acids is 3. The summed E-state index contributed by atoms with van der Waals surface area (Å²) in [4.78, 5) is 61.6. The van der Waals surface area contributed by atoms with Crippen molar-refractivity contribution >= 4 is 29.2 Å². The summed E-state index contributed by atoms with van der Waals surface area (Å²) in [5.74, 6) is -2.22. The molecular weight excluding hydrogens is 561 g/mol. The van der Waals surface area contributed by atoms with Gasteiger partial charge in [0.05, 0.1) is 12.7 Å². The molecule has 5 rings (SSSR count). The van der Waals surface area contributed by atoms with Gasteiger partial charge in [-0.3, -0.25) is 19.3 Å². The van der Waals surface area contributed by atoms with E-state index < -0.39 is 41.1 Å². The van der Waals surface area contributed by atoms with Crippen LogP contribution in [0.2, 0.25) is 0 Å². The first-order valence-electron chi connectivity index (χ1n) is 13.9. The van der Waals surface area contributed by atoms with Crippen molar-refractivity contribution < 1.29 is 23.9 Å². The van der Waals surface area contributed by atoms with Gasteiger partial charge in [-0.15, -0.1) is 0 Å². The number of nitrogens with zero attached hydrogens (tertiary/aromatic N) is 7. The van der Waals surface area contributed by atoms with Gasteiger partial charge in [0.15, 0.2) is 35.1 Å². The van der Waals surface area contributed by atoms with Crippen LogP contribution in [0, 0.1) is 11.7 Å². The van der Waals surface area contributed by atoms with E-state index in [1.807, 2.05) is 27.7 Å². The van der Waals surface area contributed by atoms with Crippen LogP contribution in [0.4, 0.5) is 15.0 Å². The smallest absolute Gasteiger partial charge is 0.368 e. The second-order valence-electron chi connectivity index (χ2n) is 11.1.